The Kier molecular flexibility index (Phi) is 2.70. The first-order valence-corrected chi connectivity index (χ1v) is 6.95. The second-order valence-corrected chi connectivity index (χ2v) is 5.08. The minimum Gasteiger partial charge on any atom is -0.489 e. The average Bonchev–Trinajstić information content (AvgIpc) is 2.76. The number of H-pyrrole nitrogens is 1. The van der Waals surface area contributed by atoms with Crippen LogP contribution in [-0.2, 0) is 0 Å². The summed E-state index contributed by atoms with van der Waals surface area (Å²) in [6.07, 6.45) is 0.893. The molecular weight excluding hydrogens is 266 g/mol. The molecule has 0 saturated carbocycles. The van der Waals surface area contributed by atoms with Gasteiger partial charge in [-0.25, -0.2) is 4.98 Å². The molecule has 1 aliphatic rings. The van der Waals surface area contributed by atoms with Gasteiger partial charge in [0.1, 0.15) is 5.82 Å². The molecule has 0 unspecified atom stereocenters. The minimum atomic E-state index is 0.672. The number of anilines is 1. The third-order valence-corrected chi connectivity index (χ3v) is 3.51. The number of imidazole rings is 1. The fourth-order valence-corrected chi connectivity index (χ4v) is 2.49. The molecule has 0 atom stereocenters. The van der Waals surface area contributed by atoms with Crippen LogP contribution in [0.4, 0.5) is 5.69 Å². The van der Waals surface area contributed by atoms with Crippen molar-refractivity contribution in [2.24, 2.45) is 0 Å². The lowest BCUT2D eigenvalue weighted by Crippen LogP contribution is -1.97. The Morgan fingerprint density at radius 3 is 2.67 bits per heavy atom. The number of fused-ring (bicyclic) bond motifs is 2. The fraction of sp³-hybridized carbons (Fsp3) is 0.188. The van der Waals surface area contributed by atoms with Gasteiger partial charge in [0.05, 0.1) is 24.2 Å². The first kappa shape index (κ1) is 12.1. The molecule has 5 heteroatoms. The largest absolute Gasteiger partial charge is 0.489 e. The SMILES string of the molecule is Nc1cccc(-c2nc3cc4c(cc3[nH]2)OCCCO4)c1. The third-order valence-electron chi connectivity index (χ3n) is 3.51. The molecule has 0 radical (unpaired) electrons. The van der Waals surface area contributed by atoms with Gasteiger partial charge in [0.2, 0.25) is 0 Å². The smallest absolute Gasteiger partial charge is 0.163 e. The average molecular weight is 281 g/mol. The summed E-state index contributed by atoms with van der Waals surface area (Å²) in [5.41, 5.74) is 9.29. The molecule has 106 valence electrons. The maximum Gasteiger partial charge on any atom is 0.163 e. The molecule has 3 N–H and O–H groups in total. The van der Waals surface area contributed by atoms with Crippen molar-refractivity contribution in [3.63, 3.8) is 0 Å². The highest BCUT2D eigenvalue weighted by Crippen LogP contribution is 2.34. The molecular formula is C16H15N3O2. The van der Waals surface area contributed by atoms with E-state index in [0.717, 1.165) is 46.0 Å². The van der Waals surface area contributed by atoms with Crippen LogP contribution in [0.5, 0.6) is 11.5 Å². The molecule has 3 aromatic rings. The first-order valence-electron chi connectivity index (χ1n) is 6.95. The topological polar surface area (TPSA) is 73.2 Å². The molecule has 0 aliphatic carbocycles. The van der Waals surface area contributed by atoms with Gasteiger partial charge in [0.15, 0.2) is 11.5 Å². The van der Waals surface area contributed by atoms with Crippen LogP contribution in [0.2, 0.25) is 0 Å². The lowest BCUT2D eigenvalue weighted by atomic mass is 10.2. The molecule has 4 rings (SSSR count). The number of nitrogen functional groups attached to an aromatic ring is 1. The van der Waals surface area contributed by atoms with E-state index in [2.05, 4.69) is 9.97 Å². The normalized spacial score (nSPS) is 14.1. The van der Waals surface area contributed by atoms with Gasteiger partial charge in [-0.3, -0.25) is 0 Å². The number of rotatable bonds is 1. The molecule has 0 saturated heterocycles. The van der Waals surface area contributed by atoms with E-state index in [1.165, 1.54) is 0 Å². The van der Waals surface area contributed by atoms with Crippen LogP contribution < -0.4 is 15.2 Å². The van der Waals surface area contributed by atoms with E-state index in [4.69, 9.17) is 15.2 Å². The lowest BCUT2D eigenvalue weighted by Gasteiger charge is -2.05. The quantitative estimate of drug-likeness (QED) is 0.672. The molecule has 0 spiro atoms. The summed E-state index contributed by atoms with van der Waals surface area (Å²) in [7, 11) is 0. The number of aromatic amines is 1. The minimum absolute atomic E-state index is 0.672. The number of nitrogens with one attached hydrogen (secondary N) is 1. The summed E-state index contributed by atoms with van der Waals surface area (Å²) < 4.78 is 11.4. The summed E-state index contributed by atoms with van der Waals surface area (Å²) >= 11 is 0. The van der Waals surface area contributed by atoms with Crippen LogP contribution in [-0.4, -0.2) is 23.2 Å². The zero-order chi connectivity index (χ0) is 14.2. The summed E-state index contributed by atoms with van der Waals surface area (Å²) in [6.45, 7) is 1.35. The molecule has 2 heterocycles. The van der Waals surface area contributed by atoms with Gasteiger partial charge in [-0.05, 0) is 12.1 Å². The van der Waals surface area contributed by atoms with Gasteiger partial charge in [0.25, 0.3) is 0 Å². The number of benzene rings is 2. The molecule has 5 nitrogen and oxygen atoms in total. The van der Waals surface area contributed by atoms with Crippen molar-refractivity contribution in [1.29, 1.82) is 0 Å². The highest BCUT2D eigenvalue weighted by molar-refractivity contribution is 5.83. The second kappa shape index (κ2) is 4.70. The standard InChI is InChI=1S/C16H15N3O2/c17-11-4-1-3-10(7-11)16-18-12-8-14-15(9-13(12)19-16)21-6-2-5-20-14/h1,3-4,7-9H,2,5-6,17H2,(H,18,19). The zero-order valence-electron chi connectivity index (χ0n) is 11.4. The number of nitrogens with two attached hydrogens (primary N) is 1. The van der Waals surface area contributed by atoms with Crippen molar-refractivity contribution >= 4 is 16.7 Å². The Morgan fingerprint density at radius 2 is 1.86 bits per heavy atom. The Balaban J connectivity index is 1.83. The Hall–Kier alpha value is -2.69. The Bertz CT molecular complexity index is 767. The van der Waals surface area contributed by atoms with Gasteiger partial charge in [0, 0.05) is 29.8 Å². The molecule has 0 amide bonds. The highest BCUT2D eigenvalue weighted by atomic mass is 16.5. The Labute approximate surface area is 121 Å². The van der Waals surface area contributed by atoms with Crippen molar-refractivity contribution in [3.05, 3.63) is 36.4 Å². The fourth-order valence-electron chi connectivity index (χ4n) is 2.49. The van der Waals surface area contributed by atoms with E-state index in [9.17, 15) is 0 Å². The summed E-state index contributed by atoms with van der Waals surface area (Å²) in [5.74, 6) is 2.31. The van der Waals surface area contributed by atoms with E-state index in [-0.39, 0.29) is 0 Å². The van der Waals surface area contributed by atoms with Gasteiger partial charge < -0.3 is 20.2 Å². The molecule has 0 bridgehead atoms. The summed E-state index contributed by atoms with van der Waals surface area (Å²) in [6, 6.07) is 11.5. The molecule has 21 heavy (non-hydrogen) atoms. The lowest BCUT2D eigenvalue weighted by molar-refractivity contribution is 0.297. The van der Waals surface area contributed by atoms with Crippen molar-refractivity contribution in [2.75, 3.05) is 18.9 Å². The van der Waals surface area contributed by atoms with Crippen LogP contribution in [0.1, 0.15) is 6.42 Å². The van der Waals surface area contributed by atoms with Crippen molar-refractivity contribution in [3.8, 4) is 22.9 Å². The number of ether oxygens (including phenoxy) is 2. The Morgan fingerprint density at radius 1 is 1.05 bits per heavy atom. The molecule has 1 aliphatic heterocycles. The summed E-state index contributed by atoms with van der Waals surface area (Å²) in [4.78, 5) is 7.92. The van der Waals surface area contributed by atoms with E-state index < -0.39 is 0 Å². The van der Waals surface area contributed by atoms with Gasteiger partial charge in [-0.15, -0.1) is 0 Å². The molecule has 0 fully saturated rings. The number of aromatic nitrogens is 2. The van der Waals surface area contributed by atoms with Crippen molar-refractivity contribution in [2.45, 2.75) is 6.42 Å². The van der Waals surface area contributed by atoms with E-state index in [1.54, 1.807) is 0 Å². The van der Waals surface area contributed by atoms with Gasteiger partial charge in [-0.1, -0.05) is 12.1 Å². The predicted octanol–water partition coefficient (Wildman–Crippen LogP) is 2.97. The number of hydrogen-bond acceptors (Lipinski definition) is 4. The first-order chi connectivity index (χ1) is 10.3. The zero-order valence-corrected chi connectivity index (χ0v) is 11.4. The van der Waals surface area contributed by atoms with E-state index in [0.29, 0.717) is 13.2 Å². The third kappa shape index (κ3) is 2.16. The van der Waals surface area contributed by atoms with Crippen molar-refractivity contribution < 1.29 is 9.47 Å². The summed E-state index contributed by atoms with van der Waals surface area (Å²) in [5, 5.41) is 0. The van der Waals surface area contributed by atoms with Crippen LogP contribution in [0.25, 0.3) is 22.4 Å². The van der Waals surface area contributed by atoms with Gasteiger partial charge >= 0.3 is 0 Å². The highest BCUT2D eigenvalue weighted by Gasteiger charge is 2.14. The van der Waals surface area contributed by atoms with E-state index in [1.807, 2.05) is 36.4 Å². The second-order valence-electron chi connectivity index (χ2n) is 5.08. The molecule has 2 aromatic carbocycles. The van der Waals surface area contributed by atoms with E-state index >= 15 is 0 Å². The predicted molar refractivity (Wildman–Crippen MR) is 81.5 cm³/mol. The van der Waals surface area contributed by atoms with Gasteiger partial charge in [-0.2, -0.15) is 0 Å². The van der Waals surface area contributed by atoms with Crippen LogP contribution >= 0.6 is 0 Å². The van der Waals surface area contributed by atoms with Crippen LogP contribution in [0.15, 0.2) is 36.4 Å². The number of hydrogen-bond donors (Lipinski definition) is 2. The maximum atomic E-state index is 5.83. The monoisotopic (exact) mass is 281 g/mol. The van der Waals surface area contributed by atoms with Crippen LogP contribution in [0, 0.1) is 0 Å². The van der Waals surface area contributed by atoms with Crippen LogP contribution in [0.3, 0.4) is 0 Å². The van der Waals surface area contributed by atoms with Crippen molar-refractivity contribution in [1.82, 2.24) is 9.97 Å². The maximum absolute atomic E-state index is 5.83. The molecule has 1 aromatic heterocycles. The number of nitrogens with zero attached hydrogens (tertiary/aromatic N) is 1.